The van der Waals surface area contributed by atoms with E-state index in [1.165, 1.54) is 0 Å². The molecular weight excluding hydrogens is 264 g/mol. The number of carbonyl (C=O) groups excluding carboxylic acids is 1. The first-order valence-corrected chi connectivity index (χ1v) is 6.81. The second kappa shape index (κ2) is 4.15. The Morgan fingerprint density at radius 2 is 2.10 bits per heavy atom. The quantitative estimate of drug-likeness (QED) is 0.685. The highest BCUT2D eigenvalue weighted by molar-refractivity contribution is 6.03. The predicted molar refractivity (Wildman–Crippen MR) is 81.1 cm³/mol. The Morgan fingerprint density at radius 3 is 2.86 bits per heavy atom. The highest BCUT2D eigenvalue weighted by atomic mass is 16.2. The number of fused-ring (bicyclic) bond motifs is 2. The molecule has 0 unspecified atom stereocenters. The van der Waals surface area contributed by atoms with E-state index in [9.17, 15) is 4.79 Å². The van der Waals surface area contributed by atoms with Gasteiger partial charge in [-0.1, -0.05) is 0 Å². The summed E-state index contributed by atoms with van der Waals surface area (Å²) in [4.78, 5) is 22.4. The van der Waals surface area contributed by atoms with Gasteiger partial charge in [0.05, 0.1) is 17.5 Å². The molecule has 1 amide bonds. The van der Waals surface area contributed by atoms with Crippen molar-refractivity contribution in [3.8, 4) is 11.4 Å². The number of aromatic nitrogens is 3. The van der Waals surface area contributed by atoms with E-state index < -0.39 is 0 Å². The predicted octanol–water partition coefficient (Wildman–Crippen LogP) is 2.15. The molecule has 0 atom stereocenters. The van der Waals surface area contributed by atoms with Crippen LogP contribution in [0.3, 0.4) is 0 Å². The summed E-state index contributed by atoms with van der Waals surface area (Å²) < 4.78 is 2.04. The van der Waals surface area contributed by atoms with Gasteiger partial charge in [0.2, 0.25) is 5.91 Å². The fourth-order valence-electron chi connectivity index (χ4n) is 2.89. The maximum absolute atomic E-state index is 11.8. The number of hydrogen-bond donors (Lipinski definition) is 0. The zero-order chi connectivity index (χ0) is 14.6. The van der Waals surface area contributed by atoms with Gasteiger partial charge in [0.25, 0.3) is 0 Å². The monoisotopic (exact) mass is 278 g/mol. The molecule has 0 aliphatic carbocycles. The van der Waals surface area contributed by atoms with Crippen molar-refractivity contribution in [3.05, 3.63) is 42.2 Å². The smallest absolute Gasteiger partial charge is 0.231 e. The van der Waals surface area contributed by atoms with E-state index in [4.69, 9.17) is 4.98 Å². The van der Waals surface area contributed by atoms with Crippen LogP contribution >= 0.6 is 0 Å². The maximum Gasteiger partial charge on any atom is 0.231 e. The SMILES string of the molecule is CN1C(=O)Cc2cc3nc(-c4cccnc4)n(C)c3cc21. The van der Waals surface area contributed by atoms with Gasteiger partial charge in [-0.2, -0.15) is 0 Å². The van der Waals surface area contributed by atoms with Crippen LogP contribution in [0, 0.1) is 0 Å². The minimum absolute atomic E-state index is 0.132. The lowest BCUT2D eigenvalue weighted by Gasteiger charge is -2.10. The average molecular weight is 278 g/mol. The van der Waals surface area contributed by atoms with Crippen LogP contribution in [-0.4, -0.2) is 27.5 Å². The van der Waals surface area contributed by atoms with E-state index in [0.717, 1.165) is 33.7 Å². The lowest BCUT2D eigenvalue weighted by Crippen LogP contribution is -2.20. The summed E-state index contributed by atoms with van der Waals surface area (Å²) in [7, 11) is 3.80. The van der Waals surface area contributed by atoms with Crippen molar-refractivity contribution in [1.29, 1.82) is 0 Å². The number of rotatable bonds is 1. The standard InChI is InChI=1S/C16H14N4O/c1-19-13-8-14-12(6-11(13)7-15(19)21)18-16(20(14)2)10-4-3-5-17-9-10/h3-6,8-9H,7H2,1-2H3. The minimum Gasteiger partial charge on any atom is -0.327 e. The summed E-state index contributed by atoms with van der Waals surface area (Å²) >= 11 is 0. The molecule has 0 fully saturated rings. The third-order valence-electron chi connectivity index (χ3n) is 4.08. The third kappa shape index (κ3) is 1.67. The summed E-state index contributed by atoms with van der Waals surface area (Å²) in [6.07, 6.45) is 4.02. The summed E-state index contributed by atoms with van der Waals surface area (Å²) in [6, 6.07) is 7.97. The lowest BCUT2D eigenvalue weighted by atomic mass is 10.1. The number of amides is 1. The van der Waals surface area contributed by atoms with Gasteiger partial charge >= 0.3 is 0 Å². The topological polar surface area (TPSA) is 51.0 Å². The number of likely N-dealkylation sites (N-methyl/N-ethyl adjacent to an activating group) is 1. The number of benzene rings is 1. The molecule has 4 rings (SSSR count). The fourth-order valence-corrected chi connectivity index (χ4v) is 2.89. The molecule has 0 saturated heterocycles. The third-order valence-corrected chi connectivity index (χ3v) is 4.08. The van der Waals surface area contributed by atoms with Crippen molar-refractivity contribution < 1.29 is 4.79 Å². The number of nitrogens with zero attached hydrogens (tertiary/aromatic N) is 4. The van der Waals surface area contributed by atoms with Gasteiger partial charge in [0.1, 0.15) is 5.82 Å². The molecule has 1 aliphatic heterocycles. The normalized spacial score (nSPS) is 14.0. The van der Waals surface area contributed by atoms with Crippen LogP contribution in [0.25, 0.3) is 22.4 Å². The van der Waals surface area contributed by atoms with Crippen molar-refractivity contribution in [2.45, 2.75) is 6.42 Å². The van der Waals surface area contributed by atoms with E-state index in [0.29, 0.717) is 6.42 Å². The zero-order valence-electron chi connectivity index (χ0n) is 11.9. The zero-order valence-corrected chi connectivity index (χ0v) is 11.9. The highest BCUT2D eigenvalue weighted by Crippen LogP contribution is 2.33. The minimum atomic E-state index is 0.132. The molecule has 1 aliphatic rings. The first-order valence-electron chi connectivity index (χ1n) is 6.81. The number of hydrogen-bond acceptors (Lipinski definition) is 3. The van der Waals surface area contributed by atoms with Gasteiger partial charge in [0.15, 0.2) is 0 Å². The van der Waals surface area contributed by atoms with E-state index in [1.807, 2.05) is 49.1 Å². The number of carbonyl (C=O) groups is 1. The van der Waals surface area contributed by atoms with Gasteiger partial charge in [-0.05, 0) is 29.8 Å². The molecule has 0 bridgehead atoms. The summed E-state index contributed by atoms with van der Waals surface area (Å²) in [6.45, 7) is 0. The van der Waals surface area contributed by atoms with E-state index in [-0.39, 0.29) is 5.91 Å². The molecule has 0 saturated carbocycles. The molecule has 5 nitrogen and oxygen atoms in total. The van der Waals surface area contributed by atoms with Gasteiger partial charge in [-0.15, -0.1) is 0 Å². The van der Waals surface area contributed by atoms with Gasteiger partial charge in [-0.25, -0.2) is 4.98 Å². The van der Waals surface area contributed by atoms with E-state index in [1.54, 1.807) is 11.1 Å². The van der Waals surface area contributed by atoms with E-state index >= 15 is 0 Å². The Hall–Kier alpha value is -2.69. The first kappa shape index (κ1) is 12.1. The van der Waals surface area contributed by atoms with Crippen molar-refractivity contribution in [2.75, 3.05) is 11.9 Å². The van der Waals surface area contributed by atoms with Crippen LogP contribution in [-0.2, 0) is 18.3 Å². The first-order chi connectivity index (χ1) is 10.1. The van der Waals surface area contributed by atoms with Crippen molar-refractivity contribution in [2.24, 2.45) is 7.05 Å². The molecule has 104 valence electrons. The van der Waals surface area contributed by atoms with Gasteiger partial charge in [0, 0.05) is 37.7 Å². The average Bonchev–Trinajstić information content (AvgIpc) is 2.96. The molecule has 21 heavy (non-hydrogen) atoms. The Labute approximate surface area is 121 Å². The van der Waals surface area contributed by atoms with Gasteiger partial charge < -0.3 is 9.47 Å². The molecule has 5 heteroatoms. The molecule has 3 heterocycles. The van der Waals surface area contributed by atoms with Gasteiger partial charge in [-0.3, -0.25) is 9.78 Å². The number of anilines is 1. The van der Waals surface area contributed by atoms with Crippen LogP contribution in [0.4, 0.5) is 5.69 Å². The molecule has 0 spiro atoms. The molecule has 0 N–H and O–H groups in total. The second-order valence-electron chi connectivity index (χ2n) is 5.34. The summed E-state index contributed by atoms with van der Waals surface area (Å²) in [5, 5.41) is 0. The number of aryl methyl sites for hydroxylation is 1. The summed E-state index contributed by atoms with van der Waals surface area (Å²) in [5.74, 6) is 1.02. The second-order valence-corrected chi connectivity index (χ2v) is 5.34. The number of pyridine rings is 1. The van der Waals surface area contributed by atoms with Crippen molar-refractivity contribution in [3.63, 3.8) is 0 Å². The molecule has 3 aromatic rings. The number of imidazole rings is 1. The Morgan fingerprint density at radius 1 is 1.24 bits per heavy atom. The highest BCUT2D eigenvalue weighted by Gasteiger charge is 2.25. The van der Waals surface area contributed by atoms with Crippen LogP contribution in [0.1, 0.15) is 5.56 Å². The molecule has 0 radical (unpaired) electrons. The molecule has 1 aromatic carbocycles. The maximum atomic E-state index is 11.8. The van der Waals surface area contributed by atoms with Crippen LogP contribution in [0.5, 0.6) is 0 Å². The van der Waals surface area contributed by atoms with E-state index in [2.05, 4.69) is 4.98 Å². The van der Waals surface area contributed by atoms with Crippen LogP contribution < -0.4 is 4.90 Å². The van der Waals surface area contributed by atoms with Crippen molar-refractivity contribution >= 4 is 22.6 Å². The molecular formula is C16H14N4O. The Balaban J connectivity index is 1.95. The fraction of sp³-hybridized carbons (Fsp3) is 0.188. The van der Waals surface area contributed by atoms with Crippen LogP contribution in [0.2, 0.25) is 0 Å². The van der Waals surface area contributed by atoms with Crippen molar-refractivity contribution in [1.82, 2.24) is 14.5 Å². The largest absolute Gasteiger partial charge is 0.327 e. The Bertz CT molecular complexity index is 867. The summed E-state index contributed by atoms with van der Waals surface area (Å²) in [5.41, 5.74) is 4.95. The lowest BCUT2D eigenvalue weighted by molar-refractivity contribution is -0.117. The molecule has 2 aromatic heterocycles. The Kier molecular flexibility index (Phi) is 2.39. The van der Waals surface area contributed by atoms with Crippen LogP contribution in [0.15, 0.2) is 36.7 Å².